The zero-order valence-electron chi connectivity index (χ0n) is 17.2. The van der Waals surface area contributed by atoms with Gasteiger partial charge in [0.05, 0.1) is 18.5 Å². The Morgan fingerprint density at radius 2 is 1.97 bits per heavy atom. The summed E-state index contributed by atoms with van der Waals surface area (Å²) in [6.45, 7) is 1.54. The number of esters is 1. The lowest BCUT2D eigenvalue weighted by molar-refractivity contribution is -0.159. The van der Waals surface area contributed by atoms with Gasteiger partial charge in [0.15, 0.2) is 0 Å². The molecule has 8 heteroatoms. The number of fused-ring (bicyclic) bond motifs is 1. The highest BCUT2D eigenvalue weighted by Gasteiger charge is 2.23. The predicted octanol–water partition coefficient (Wildman–Crippen LogP) is 2.67. The first-order valence-corrected chi connectivity index (χ1v) is 9.74. The molecule has 1 aromatic carbocycles. The maximum atomic E-state index is 12.6. The van der Waals surface area contributed by atoms with E-state index < -0.39 is 12.9 Å². The Balaban J connectivity index is 1.68. The fourth-order valence-electron chi connectivity index (χ4n) is 3.36. The Labute approximate surface area is 170 Å². The summed E-state index contributed by atoms with van der Waals surface area (Å²) >= 11 is 0. The van der Waals surface area contributed by atoms with E-state index >= 15 is 0 Å². The lowest BCUT2D eigenvalue weighted by Crippen LogP contribution is -2.26. The number of methoxy groups -OCH3 is 1. The van der Waals surface area contributed by atoms with Crippen molar-refractivity contribution >= 4 is 23.0 Å². The van der Waals surface area contributed by atoms with Crippen molar-refractivity contribution in [2.45, 2.75) is 19.3 Å². The predicted molar refractivity (Wildman–Crippen MR) is 107 cm³/mol. The molecule has 8 nitrogen and oxygen atoms in total. The number of hydrogen-bond donors (Lipinski definition) is 0. The summed E-state index contributed by atoms with van der Waals surface area (Å²) < 4.78 is 22.3. The van der Waals surface area contributed by atoms with Gasteiger partial charge in [0.2, 0.25) is 6.79 Å². The number of carbonyl (C=O) groups is 2. The average Bonchev–Trinajstić information content (AvgIpc) is 3.10. The molecule has 0 amide bonds. The van der Waals surface area contributed by atoms with E-state index in [1.165, 1.54) is 4.57 Å². The molecule has 29 heavy (non-hydrogen) atoms. The van der Waals surface area contributed by atoms with Crippen LogP contribution in [0.5, 0.6) is 5.75 Å². The Kier molecular flexibility index (Phi) is 7.11. The van der Waals surface area contributed by atoms with Crippen LogP contribution in [-0.4, -0.2) is 69.3 Å². The van der Waals surface area contributed by atoms with E-state index in [0.717, 1.165) is 35.2 Å². The standard InChI is InChI=1S/C21H28N2O6/c1-22(2)9-6-16-13-23(19-5-4-17(26-3)12-18(16)19)21(25)29-14-28-20(24)15-7-10-27-11-8-15/h4-5,12-13,15H,6-11,14H2,1-3H3. The topological polar surface area (TPSA) is 79.2 Å². The highest BCUT2D eigenvalue weighted by Crippen LogP contribution is 2.27. The summed E-state index contributed by atoms with van der Waals surface area (Å²) in [6, 6.07) is 5.53. The molecule has 2 heterocycles. The molecule has 0 N–H and O–H groups in total. The number of benzene rings is 1. The minimum atomic E-state index is -0.587. The van der Waals surface area contributed by atoms with Crippen LogP contribution < -0.4 is 4.74 Å². The lowest BCUT2D eigenvalue weighted by Gasteiger charge is -2.20. The van der Waals surface area contributed by atoms with Crippen LogP contribution in [0.25, 0.3) is 10.9 Å². The lowest BCUT2D eigenvalue weighted by atomic mass is 10.0. The molecule has 0 radical (unpaired) electrons. The Hall–Kier alpha value is -2.58. The van der Waals surface area contributed by atoms with Gasteiger partial charge in [0, 0.05) is 31.3 Å². The molecule has 3 rings (SSSR count). The molecule has 1 aliphatic rings. The van der Waals surface area contributed by atoms with E-state index in [0.29, 0.717) is 26.1 Å². The average molecular weight is 404 g/mol. The Morgan fingerprint density at radius 3 is 2.66 bits per heavy atom. The summed E-state index contributed by atoms with van der Waals surface area (Å²) in [5.41, 5.74) is 1.74. The van der Waals surface area contributed by atoms with E-state index in [2.05, 4.69) is 4.90 Å². The molecule has 1 saturated heterocycles. The first-order chi connectivity index (χ1) is 14.0. The second-order valence-electron chi connectivity index (χ2n) is 7.34. The second-order valence-corrected chi connectivity index (χ2v) is 7.34. The molecule has 0 bridgehead atoms. The number of ether oxygens (including phenoxy) is 4. The normalized spacial score (nSPS) is 14.9. The van der Waals surface area contributed by atoms with E-state index in [-0.39, 0.29) is 11.9 Å². The van der Waals surface area contributed by atoms with Gasteiger partial charge in [-0.15, -0.1) is 0 Å². The molecule has 2 aromatic rings. The summed E-state index contributed by atoms with van der Waals surface area (Å²) in [5.74, 6) is 0.176. The Bertz CT molecular complexity index is 854. The van der Waals surface area contributed by atoms with E-state index in [9.17, 15) is 9.59 Å². The van der Waals surface area contributed by atoms with Crippen LogP contribution in [-0.2, 0) is 25.4 Å². The molecule has 158 valence electrons. The largest absolute Gasteiger partial charge is 0.497 e. The van der Waals surface area contributed by atoms with Crippen LogP contribution in [0.15, 0.2) is 24.4 Å². The van der Waals surface area contributed by atoms with Gasteiger partial charge in [0.25, 0.3) is 0 Å². The van der Waals surface area contributed by atoms with E-state index in [4.69, 9.17) is 18.9 Å². The number of likely N-dealkylation sites (N-methyl/N-ethyl adjacent to an activating group) is 1. The van der Waals surface area contributed by atoms with Crippen molar-refractivity contribution in [3.05, 3.63) is 30.0 Å². The van der Waals surface area contributed by atoms with Crippen LogP contribution in [0.4, 0.5) is 4.79 Å². The maximum Gasteiger partial charge on any atom is 0.421 e. The van der Waals surface area contributed by atoms with Crippen molar-refractivity contribution in [3.8, 4) is 5.75 Å². The van der Waals surface area contributed by atoms with Crippen molar-refractivity contribution in [3.63, 3.8) is 0 Å². The van der Waals surface area contributed by atoms with Crippen molar-refractivity contribution in [1.29, 1.82) is 0 Å². The van der Waals surface area contributed by atoms with Crippen molar-refractivity contribution < 1.29 is 28.5 Å². The van der Waals surface area contributed by atoms with Crippen molar-refractivity contribution in [2.75, 3.05) is 47.8 Å². The molecule has 0 atom stereocenters. The highest BCUT2D eigenvalue weighted by atomic mass is 16.7. The quantitative estimate of drug-likeness (QED) is 0.518. The zero-order valence-corrected chi connectivity index (χ0v) is 17.2. The van der Waals surface area contributed by atoms with Gasteiger partial charge in [0.1, 0.15) is 5.75 Å². The third-order valence-electron chi connectivity index (χ3n) is 5.06. The third-order valence-corrected chi connectivity index (χ3v) is 5.06. The SMILES string of the molecule is COc1ccc2c(c1)c(CCN(C)C)cn2C(=O)OCOC(=O)C1CCOCC1. The monoisotopic (exact) mass is 404 g/mol. The first kappa shape index (κ1) is 21.1. The van der Waals surface area contributed by atoms with E-state index in [1.807, 2.05) is 26.2 Å². The molecule has 1 aliphatic heterocycles. The van der Waals surface area contributed by atoms with Crippen LogP contribution in [0, 0.1) is 5.92 Å². The highest BCUT2D eigenvalue weighted by molar-refractivity contribution is 5.92. The first-order valence-electron chi connectivity index (χ1n) is 9.74. The minimum absolute atomic E-state index is 0.194. The van der Waals surface area contributed by atoms with Crippen LogP contribution in [0.1, 0.15) is 18.4 Å². The Morgan fingerprint density at radius 1 is 1.21 bits per heavy atom. The molecular weight excluding hydrogens is 376 g/mol. The number of carbonyl (C=O) groups excluding carboxylic acids is 2. The van der Waals surface area contributed by atoms with Gasteiger partial charge >= 0.3 is 12.1 Å². The molecule has 1 fully saturated rings. The van der Waals surface area contributed by atoms with Crippen LogP contribution in [0.2, 0.25) is 0 Å². The smallest absolute Gasteiger partial charge is 0.421 e. The second kappa shape index (κ2) is 9.76. The van der Waals surface area contributed by atoms with Gasteiger partial charge in [-0.2, -0.15) is 0 Å². The number of rotatable bonds is 7. The molecular formula is C21H28N2O6. The van der Waals surface area contributed by atoms with Crippen LogP contribution in [0.3, 0.4) is 0 Å². The number of nitrogens with zero attached hydrogens (tertiary/aromatic N) is 2. The number of aromatic nitrogens is 1. The van der Waals surface area contributed by atoms with Gasteiger partial charge in [-0.1, -0.05) is 0 Å². The van der Waals surface area contributed by atoms with Crippen molar-refractivity contribution in [1.82, 2.24) is 9.47 Å². The summed E-state index contributed by atoms with van der Waals surface area (Å²) in [6.07, 6.45) is 3.22. The van der Waals surface area contributed by atoms with Gasteiger partial charge in [-0.3, -0.25) is 9.36 Å². The van der Waals surface area contributed by atoms with Crippen molar-refractivity contribution in [2.24, 2.45) is 5.92 Å². The molecule has 0 unspecified atom stereocenters. The molecule has 0 saturated carbocycles. The van der Waals surface area contributed by atoms with Gasteiger partial charge < -0.3 is 23.8 Å². The fraction of sp³-hybridized carbons (Fsp3) is 0.524. The zero-order chi connectivity index (χ0) is 20.8. The minimum Gasteiger partial charge on any atom is -0.497 e. The van der Waals surface area contributed by atoms with Gasteiger partial charge in [-0.25, -0.2) is 4.79 Å². The fourth-order valence-corrected chi connectivity index (χ4v) is 3.36. The third kappa shape index (κ3) is 5.27. The summed E-state index contributed by atoms with van der Waals surface area (Å²) in [7, 11) is 5.61. The summed E-state index contributed by atoms with van der Waals surface area (Å²) in [4.78, 5) is 26.7. The molecule has 0 aliphatic carbocycles. The molecule has 0 spiro atoms. The van der Waals surface area contributed by atoms with Gasteiger partial charge in [-0.05, 0) is 57.1 Å². The molecule has 1 aromatic heterocycles. The number of hydrogen-bond acceptors (Lipinski definition) is 7. The van der Waals surface area contributed by atoms with E-state index in [1.54, 1.807) is 19.4 Å². The maximum absolute atomic E-state index is 12.6. The van der Waals surface area contributed by atoms with Crippen LogP contribution >= 0.6 is 0 Å². The summed E-state index contributed by atoms with van der Waals surface area (Å²) in [5, 5.41) is 0.933.